The minimum Gasteiger partial charge on any atom is -0.348 e. The third-order valence-electron chi connectivity index (χ3n) is 3.23. The van der Waals surface area contributed by atoms with E-state index in [2.05, 4.69) is 10.0 Å². The lowest BCUT2D eigenvalue weighted by molar-refractivity contribution is -0.123. The number of amides is 1. The van der Waals surface area contributed by atoms with Crippen LogP contribution in [-0.2, 0) is 14.8 Å². The molecule has 22 heavy (non-hydrogen) atoms. The van der Waals surface area contributed by atoms with Gasteiger partial charge >= 0.3 is 0 Å². The second-order valence-corrected chi connectivity index (χ2v) is 6.79. The van der Waals surface area contributed by atoms with Gasteiger partial charge in [-0.1, -0.05) is 25.5 Å². The van der Waals surface area contributed by atoms with Crippen molar-refractivity contribution in [1.29, 1.82) is 0 Å². The van der Waals surface area contributed by atoms with Crippen molar-refractivity contribution in [3.05, 3.63) is 29.8 Å². The molecule has 0 aliphatic carbocycles. The van der Waals surface area contributed by atoms with E-state index in [4.69, 9.17) is 5.73 Å². The normalized spacial score (nSPS) is 13.8. The first-order valence-corrected chi connectivity index (χ1v) is 8.39. The maximum atomic E-state index is 11.9. The van der Waals surface area contributed by atoms with Gasteiger partial charge in [-0.15, -0.1) is 12.4 Å². The summed E-state index contributed by atoms with van der Waals surface area (Å²) < 4.78 is 25.8. The number of sulfonamides is 1. The third kappa shape index (κ3) is 5.57. The number of carbonyl (C=O) groups is 1. The Kier molecular flexibility index (Phi) is 8.62. The smallest absolute Gasteiger partial charge is 0.240 e. The van der Waals surface area contributed by atoms with Crippen LogP contribution < -0.4 is 15.8 Å². The summed E-state index contributed by atoms with van der Waals surface area (Å²) in [5, 5.41) is 2.80. The van der Waals surface area contributed by atoms with E-state index in [9.17, 15) is 13.2 Å². The fourth-order valence-corrected chi connectivity index (χ4v) is 2.70. The zero-order valence-electron chi connectivity index (χ0n) is 13.0. The highest BCUT2D eigenvalue weighted by Gasteiger charge is 2.17. The van der Waals surface area contributed by atoms with Crippen LogP contribution in [0, 0.1) is 0 Å². The van der Waals surface area contributed by atoms with E-state index < -0.39 is 16.1 Å². The van der Waals surface area contributed by atoms with Crippen LogP contribution in [0.3, 0.4) is 0 Å². The molecule has 6 nitrogen and oxygen atoms in total. The molecule has 2 atom stereocenters. The lowest BCUT2D eigenvalue weighted by Crippen LogP contribution is -2.41. The van der Waals surface area contributed by atoms with Crippen LogP contribution in [0.2, 0.25) is 0 Å². The van der Waals surface area contributed by atoms with Crippen LogP contribution >= 0.6 is 12.4 Å². The Morgan fingerprint density at radius 3 is 2.55 bits per heavy atom. The maximum Gasteiger partial charge on any atom is 0.240 e. The van der Waals surface area contributed by atoms with E-state index >= 15 is 0 Å². The van der Waals surface area contributed by atoms with Gasteiger partial charge in [0.15, 0.2) is 0 Å². The number of nitrogens with two attached hydrogens (primary N) is 1. The van der Waals surface area contributed by atoms with Crippen molar-refractivity contribution >= 4 is 28.3 Å². The molecular weight excluding hydrogens is 326 g/mol. The molecule has 0 aliphatic heterocycles. The second kappa shape index (κ2) is 9.09. The van der Waals surface area contributed by atoms with Gasteiger partial charge in [-0.05, 0) is 38.1 Å². The summed E-state index contributed by atoms with van der Waals surface area (Å²) in [4.78, 5) is 12.1. The number of halogens is 1. The topological polar surface area (TPSA) is 101 Å². The number of rotatable bonds is 7. The molecule has 2 unspecified atom stereocenters. The Labute approximate surface area is 138 Å². The van der Waals surface area contributed by atoms with Gasteiger partial charge < -0.3 is 11.1 Å². The van der Waals surface area contributed by atoms with Gasteiger partial charge in [0.1, 0.15) is 0 Å². The highest BCUT2D eigenvalue weighted by atomic mass is 35.5. The Balaban J connectivity index is 0.00000441. The van der Waals surface area contributed by atoms with Crippen molar-refractivity contribution in [3.8, 4) is 0 Å². The summed E-state index contributed by atoms with van der Waals surface area (Å²) in [5.74, 6) is -0.230. The molecule has 0 aromatic heterocycles. The quantitative estimate of drug-likeness (QED) is 0.691. The molecule has 8 heteroatoms. The third-order valence-corrected chi connectivity index (χ3v) is 4.64. The molecule has 0 fully saturated rings. The molecule has 0 heterocycles. The first-order valence-electron chi connectivity index (χ1n) is 6.91. The number of nitrogens with one attached hydrogen (secondary N) is 2. The van der Waals surface area contributed by atoms with Crippen LogP contribution in [0.25, 0.3) is 0 Å². The molecule has 0 saturated heterocycles. The molecule has 126 valence electrons. The molecule has 0 radical (unpaired) electrons. The van der Waals surface area contributed by atoms with Crippen LogP contribution in [0.1, 0.15) is 38.3 Å². The van der Waals surface area contributed by atoms with E-state index in [0.717, 1.165) is 6.42 Å². The van der Waals surface area contributed by atoms with Crippen molar-refractivity contribution in [2.45, 2.75) is 43.7 Å². The summed E-state index contributed by atoms with van der Waals surface area (Å²) in [6.45, 7) is 3.75. The van der Waals surface area contributed by atoms with Crippen molar-refractivity contribution in [1.82, 2.24) is 10.0 Å². The minimum absolute atomic E-state index is 0. The highest BCUT2D eigenvalue weighted by Crippen LogP contribution is 2.17. The monoisotopic (exact) mass is 349 g/mol. The summed E-state index contributed by atoms with van der Waals surface area (Å²) in [6, 6.07) is 5.61. The fraction of sp³-hybridized carbons (Fsp3) is 0.500. The Morgan fingerprint density at radius 2 is 2.00 bits per heavy atom. The summed E-state index contributed by atoms with van der Waals surface area (Å²) in [7, 11) is -2.14. The van der Waals surface area contributed by atoms with Gasteiger partial charge in [0.05, 0.1) is 17.0 Å². The lowest BCUT2D eigenvalue weighted by atomic mass is 10.1. The average molecular weight is 350 g/mol. The van der Waals surface area contributed by atoms with Crippen molar-refractivity contribution in [2.75, 3.05) is 7.05 Å². The largest absolute Gasteiger partial charge is 0.348 e. The van der Waals surface area contributed by atoms with Gasteiger partial charge in [-0.25, -0.2) is 13.1 Å². The average Bonchev–Trinajstić information content (AvgIpc) is 2.47. The number of hydrogen-bond donors (Lipinski definition) is 3. The van der Waals surface area contributed by atoms with Gasteiger partial charge in [-0.3, -0.25) is 4.79 Å². The molecule has 0 spiro atoms. The van der Waals surface area contributed by atoms with Gasteiger partial charge in [-0.2, -0.15) is 0 Å². The summed E-state index contributed by atoms with van der Waals surface area (Å²) in [6.07, 6.45) is 1.45. The van der Waals surface area contributed by atoms with Crippen molar-refractivity contribution in [3.63, 3.8) is 0 Å². The first kappa shape index (κ1) is 20.9. The van der Waals surface area contributed by atoms with Crippen LogP contribution in [0.4, 0.5) is 0 Å². The number of benzene rings is 1. The molecule has 1 aromatic carbocycles. The van der Waals surface area contributed by atoms with E-state index in [1.165, 1.54) is 13.1 Å². The fourth-order valence-electron chi connectivity index (χ4n) is 1.91. The lowest BCUT2D eigenvalue weighted by Gasteiger charge is -2.18. The predicted octanol–water partition coefficient (Wildman–Crippen LogP) is 1.32. The first-order chi connectivity index (χ1) is 9.81. The molecular formula is C14H24ClN3O3S. The van der Waals surface area contributed by atoms with E-state index in [1.54, 1.807) is 25.1 Å². The predicted molar refractivity (Wildman–Crippen MR) is 89.4 cm³/mol. The van der Waals surface area contributed by atoms with E-state index in [-0.39, 0.29) is 29.3 Å². The van der Waals surface area contributed by atoms with Crippen molar-refractivity contribution in [2.24, 2.45) is 5.73 Å². The Hall–Kier alpha value is -1.15. The highest BCUT2D eigenvalue weighted by molar-refractivity contribution is 7.89. The van der Waals surface area contributed by atoms with E-state index in [0.29, 0.717) is 12.0 Å². The number of hydrogen-bond acceptors (Lipinski definition) is 4. The SMILES string of the molecule is CCCC(N)C(=O)NC(C)c1cccc(S(=O)(=O)NC)c1.Cl. The maximum absolute atomic E-state index is 11.9. The van der Waals surface area contributed by atoms with Gasteiger partial charge in [0.2, 0.25) is 15.9 Å². The van der Waals surface area contributed by atoms with Crippen LogP contribution in [0.5, 0.6) is 0 Å². The van der Waals surface area contributed by atoms with Crippen LogP contribution in [-0.4, -0.2) is 27.4 Å². The summed E-state index contributed by atoms with van der Waals surface area (Å²) >= 11 is 0. The van der Waals surface area contributed by atoms with E-state index in [1.807, 2.05) is 6.92 Å². The number of carbonyl (C=O) groups excluding carboxylic acids is 1. The second-order valence-electron chi connectivity index (χ2n) is 4.91. The molecule has 1 amide bonds. The molecule has 0 aliphatic rings. The Morgan fingerprint density at radius 1 is 1.36 bits per heavy atom. The molecule has 4 N–H and O–H groups in total. The molecule has 0 bridgehead atoms. The zero-order valence-corrected chi connectivity index (χ0v) is 14.6. The minimum atomic E-state index is -3.50. The zero-order chi connectivity index (χ0) is 16.0. The standard InChI is InChI=1S/C14H23N3O3S.ClH/c1-4-6-13(15)14(18)17-10(2)11-7-5-8-12(9-11)21(19,20)16-3;/h5,7-10,13,16H,4,6,15H2,1-3H3,(H,17,18);1H. The summed E-state index contributed by atoms with van der Waals surface area (Å²) in [5.41, 5.74) is 6.47. The van der Waals surface area contributed by atoms with Gasteiger partial charge in [0.25, 0.3) is 0 Å². The molecule has 1 aromatic rings. The molecule has 0 saturated carbocycles. The van der Waals surface area contributed by atoms with Crippen LogP contribution in [0.15, 0.2) is 29.2 Å². The van der Waals surface area contributed by atoms with Gasteiger partial charge in [0, 0.05) is 0 Å². The molecule has 1 rings (SSSR count). The van der Waals surface area contributed by atoms with Crippen molar-refractivity contribution < 1.29 is 13.2 Å². The Bertz CT molecular complexity index is 593.